The third-order valence-electron chi connectivity index (χ3n) is 5.35. The highest BCUT2D eigenvalue weighted by molar-refractivity contribution is 5.96. The lowest BCUT2D eigenvalue weighted by Crippen LogP contribution is -2.07. The van der Waals surface area contributed by atoms with Gasteiger partial charge in [0.05, 0.1) is 23.3 Å². The Kier molecular flexibility index (Phi) is 4.50. The van der Waals surface area contributed by atoms with E-state index in [0.717, 1.165) is 50.3 Å². The first-order chi connectivity index (χ1) is 14.9. The predicted molar refractivity (Wildman–Crippen MR) is 121 cm³/mol. The van der Waals surface area contributed by atoms with E-state index in [1.807, 2.05) is 56.2 Å². The zero-order valence-electron chi connectivity index (χ0n) is 18.3. The first-order valence-electron chi connectivity index (χ1n) is 10.4. The van der Waals surface area contributed by atoms with E-state index in [1.54, 1.807) is 4.68 Å². The highest BCUT2D eigenvalue weighted by atomic mass is 16.3. The molecule has 0 atom stereocenters. The SMILES string of the molecule is Cc1nc2cccc(-c3cc(NCc4cnn(C)c4)c4c(n3)c(C)nn4C(C)C)c2o1. The molecule has 0 unspecified atom stereocenters. The van der Waals surface area contributed by atoms with Gasteiger partial charge in [0.2, 0.25) is 0 Å². The summed E-state index contributed by atoms with van der Waals surface area (Å²) < 4.78 is 9.75. The molecule has 4 heterocycles. The Balaban J connectivity index is 1.70. The fraction of sp³-hybridized carbons (Fsp3) is 0.304. The number of nitrogens with one attached hydrogen (secondary N) is 1. The summed E-state index contributed by atoms with van der Waals surface area (Å²) in [6, 6.07) is 8.25. The largest absolute Gasteiger partial charge is 0.440 e. The van der Waals surface area contributed by atoms with Gasteiger partial charge in [-0.3, -0.25) is 9.36 Å². The first kappa shape index (κ1) is 19.3. The van der Waals surface area contributed by atoms with Gasteiger partial charge in [0.15, 0.2) is 11.5 Å². The maximum Gasteiger partial charge on any atom is 0.192 e. The lowest BCUT2D eigenvalue weighted by Gasteiger charge is -2.14. The van der Waals surface area contributed by atoms with Crippen LogP contribution in [-0.2, 0) is 13.6 Å². The zero-order valence-corrected chi connectivity index (χ0v) is 18.3. The molecule has 0 amide bonds. The van der Waals surface area contributed by atoms with Crippen LogP contribution in [0.2, 0.25) is 0 Å². The van der Waals surface area contributed by atoms with Crippen molar-refractivity contribution in [3.05, 3.63) is 53.8 Å². The van der Waals surface area contributed by atoms with Crippen LogP contribution in [0.15, 0.2) is 41.1 Å². The normalized spacial score (nSPS) is 11.8. The highest BCUT2D eigenvalue weighted by Crippen LogP contribution is 2.35. The molecule has 0 fully saturated rings. The van der Waals surface area contributed by atoms with E-state index in [2.05, 4.69) is 35.3 Å². The molecule has 5 aromatic rings. The van der Waals surface area contributed by atoms with Gasteiger partial charge in [-0.2, -0.15) is 10.2 Å². The second-order valence-corrected chi connectivity index (χ2v) is 8.14. The summed E-state index contributed by atoms with van der Waals surface area (Å²) in [5, 5.41) is 12.6. The van der Waals surface area contributed by atoms with Gasteiger partial charge in [-0.25, -0.2) is 9.97 Å². The number of hydrogen-bond acceptors (Lipinski definition) is 6. The van der Waals surface area contributed by atoms with Gasteiger partial charge in [-0.05, 0) is 39.0 Å². The Bertz CT molecular complexity index is 1410. The van der Waals surface area contributed by atoms with E-state index in [1.165, 1.54) is 0 Å². The Hall–Kier alpha value is -3.68. The first-order valence-corrected chi connectivity index (χ1v) is 10.4. The van der Waals surface area contributed by atoms with Gasteiger partial charge in [-0.1, -0.05) is 6.07 Å². The van der Waals surface area contributed by atoms with Crippen molar-refractivity contribution < 1.29 is 4.42 Å². The van der Waals surface area contributed by atoms with Crippen LogP contribution < -0.4 is 5.32 Å². The third-order valence-corrected chi connectivity index (χ3v) is 5.35. The number of aromatic nitrogens is 6. The minimum atomic E-state index is 0.211. The van der Waals surface area contributed by atoms with Crippen LogP contribution in [0.3, 0.4) is 0 Å². The number of oxazole rings is 1. The molecule has 0 aliphatic rings. The van der Waals surface area contributed by atoms with Gasteiger partial charge in [-0.15, -0.1) is 0 Å². The van der Waals surface area contributed by atoms with Crippen molar-refractivity contribution in [1.82, 2.24) is 29.5 Å². The molecular weight excluding hydrogens is 390 g/mol. The molecule has 8 heteroatoms. The van der Waals surface area contributed by atoms with Crippen LogP contribution in [0.5, 0.6) is 0 Å². The average molecular weight is 416 g/mol. The standard InChI is InChI=1S/C23H25N7O/c1-13(2)30-22-20(24-10-16-11-25-29(5)12-16)9-19(27-21(22)14(3)28-30)17-7-6-8-18-23(17)31-15(4)26-18/h6-9,11-13H,10H2,1-5H3,(H,24,27). The van der Waals surface area contributed by atoms with E-state index in [-0.39, 0.29) is 6.04 Å². The maximum absolute atomic E-state index is 5.91. The van der Waals surface area contributed by atoms with Crippen molar-refractivity contribution in [3.8, 4) is 11.3 Å². The Morgan fingerprint density at radius 1 is 1.16 bits per heavy atom. The predicted octanol–water partition coefficient (Wildman–Crippen LogP) is 4.78. The average Bonchev–Trinajstić information content (AvgIpc) is 3.42. The number of rotatable bonds is 5. The summed E-state index contributed by atoms with van der Waals surface area (Å²) in [7, 11) is 1.92. The number of anilines is 1. The number of hydrogen-bond donors (Lipinski definition) is 1. The van der Waals surface area contributed by atoms with Gasteiger partial charge in [0.25, 0.3) is 0 Å². The Morgan fingerprint density at radius 3 is 2.74 bits per heavy atom. The van der Waals surface area contributed by atoms with Crippen molar-refractivity contribution >= 4 is 27.8 Å². The highest BCUT2D eigenvalue weighted by Gasteiger charge is 2.19. The molecule has 8 nitrogen and oxygen atoms in total. The van der Waals surface area contributed by atoms with Gasteiger partial charge in [0.1, 0.15) is 16.6 Å². The maximum atomic E-state index is 5.91. The molecule has 0 aliphatic heterocycles. The van der Waals surface area contributed by atoms with Gasteiger partial charge < -0.3 is 9.73 Å². The molecule has 5 rings (SSSR count). The number of pyridine rings is 1. The summed E-state index contributed by atoms with van der Waals surface area (Å²) >= 11 is 0. The van der Waals surface area contributed by atoms with E-state index in [4.69, 9.17) is 14.5 Å². The van der Waals surface area contributed by atoms with Crippen LogP contribution >= 0.6 is 0 Å². The van der Waals surface area contributed by atoms with Crippen LogP contribution in [0.1, 0.15) is 37.0 Å². The van der Waals surface area contributed by atoms with E-state index >= 15 is 0 Å². The second kappa shape index (κ2) is 7.23. The minimum Gasteiger partial charge on any atom is -0.440 e. The van der Waals surface area contributed by atoms with Gasteiger partial charge >= 0.3 is 0 Å². The molecule has 1 aromatic carbocycles. The van der Waals surface area contributed by atoms with E-state index < -0.39 is 0 Å². The molecule has 0 saturated heterocycles. The third kappa shape index (κ3) is 3.34. The summed E-state index contributed by atoms with van der Waals surface area (Å²) in [6.45, 7) is 8.77. The molecular formula is C23H25N7O. The van der Waals surface area contributed by atoms with Crippen molar-refractivity contribution in [2.75, 3.05) is 5.32 Å². The molecule has 0 aliphatic carbocycles. The van der Waals surface area contributed by atoms with Crippen LogP contribution in [-0.4, -0.2) is 29.5 Å². The molecule has 0 bridgehead atoms. The number of fused-ring (bicyclic) bond motifs is 2. The number of nitrogens with zero attached hydrogens (tertiary/aromatic N) is 6. The van der Waals surface area contributed by atoms with Crippen molar-refractivity contribution in [3.63, 3.8) is 0 Å². The Labute approximate surface area is 179 Å². The van der Waals surface area contributed by atoms with Crippen molar-refractivity contribution in [2.24, 2.45) is 7.05 Å². The lowest BCUT2D eigenvalue weighted by atomic mass is 10.1. The summed E-state index contributed by atoms with van der Waals surface area (Å²) in [4.78, 5) is 9.47. The van der Waals surface area contributed by atoms with Crippen LogP contribution in [0.25, 0.3) is 33.4 Å². The minimum absolute atomic E-state index is 0.211. The smallest absolute Gasteiger partial charge is 0.192 e. The van der Waals surface area contributed by atoms with Gasteiger partial charge in [0, 0.05) is 43.9 Å². The summed E-state index contributed by atoms with van der Waals surface area (Å²) in [5.74, 6) is 0.641. The summed E-state index contributed by atoms with van der Waals surface area (Å²) in [5.41, 5.74) is 8.19. The van der Waals surface area contributed by atoms with E-state index in [0.29, 0.717) is 12.4 Å². The molecule has 158 valence electrons. The van der Waals surface area contributed by atoms with Crippen LogP contribution in [0, 0.1) is 13.8 Å². The second-order valence-electron chi connectivity index (χ2n) is 8.14. The zero-order chi connectivity index (χ0) is 21.7. The molecule has 0 spiro atoms. The number of para-hydroxylation sites is 1. The number of benzene rings is 1. The van der Waals surface area contributed by atoms with E-state index in [9.17, 15) is 0 Å². The lowest BCUT2D eigenvalue weighted by molar-refractivity contribution is 0.547. The monoisotopic (exact) mass is 415 g/mol. The van der Waals surface area contributed by atoms with Crippen LogP contribution in [0.4, 0.5) is 5.69 Å². The quantitative estimate of drug-likeness (QED) is 0.444. The van der Waals surface area contributed by atoms with Crippen molar-refractivity contribution in [1.29, 1.82) is 0 Å². The fourth-order valence-electron chi connectivity index (χ4n) is 3.95. The molecule has 1 N–H and O–H groups in total. The van der Waals surface area contributed by atoms with Crippen molar-refractivity contribution in [2.45, 2.75) is 40.3 Å². The number of aryl methyl sites for hydroxylation is 3. The fourth-order valence-corrected chi connectivity index (χ4v) is 3.95. The molecule has 31 heavy (non-hydrogen) atoms. The molecule has 0 radical (unpaired) electrons. The molecule has 0 saturated carbocycles. The summed E-state index contributed by atoms with van der Waals surface area (Å²) in [6.07, 6.45) is 3.88. The Morgan fingerprint density at radius 2 is 2.00 bits per heavy atom. The molecule has 4 aromatic heterocycles. The topological polar surface area (TPSA) is 86.6 Å².